The van der Waals surface area contributed by atoms with Gasteiger partial charge >= 0.3 is 5.97 Å². The molecule has 0 bridgehead atoms. The van der Waals surface area contributed by atoms with E-state index in [4.69, 9.17) is 14.2 Å². The number of ether oxygens (including phenoxy) is 3. The Kier molecular flexibility index (Phi) is 5.52. The van der Waals surface area contributed by atoms with Crippen molar-refractivity contribution in [2.45, 2.75) is 26.2 Å². The van der Waals surface area contributed by atoms with E-state index in [1.165, 1.54) is 7.11 Å². The number of nitrogens with zero attached hydrogens (tertiary/aromatic N) is 1. The van der Waals surface area contributed by atoms with Crippen LogP contribution in [0.1, 0.15) is 42.3 Å². The lowest BCUT2D eigenvalue weighted by atomic mass is 9.84. The number of benzene rings is 1. The molecule has 0 atom stereocenters. The summed E-state index contributed by atoms with van der Waals surface area (Å²) in [7, 11) is 2.90. The van der Waals surface area contributed by atoms with Crippen molar-refractivity contribution in [1.82, 2.24) is 0 Å². The van der Waals surface area contributed by atoms with E-state index < -0.39 is 11.4 Å². The number of anilines is 1. The minimum atomic E-state index is -0.709. The van der Waals surface area contributed by atoms with Crippen LogP contribution in [0.3, 0.4) is 0 Å². The molecule has 0 unspecified atom stereocenters. The Labute approximate surface area is 148 Å². The molecule has 2 rings (SSSR count). The van der Waals surface area contributed by atoms with Crippen LogP contribution < -0.4 is 4.90 Å². The van der Waals surface area contributed by atoms with Gasteiger partial charge in [-0.1, -0.05) is 6.58 Å². The van der Waals surface area contributed by atoms with Crippen molar-refractivity contribution in [1.29, 1.82) is 0 Å². The molecule has 1 aromatic carbocycles. The average molecular weight is 347 g/mol. The topological polar surface area (TPSA) is 65.1 Å². The number of esters is 1. The van der Waals surface area contributed by atoms with Crippen LogP contribution in [0.2, 0.25) is 0 Å². The summed E-state index contributed by atoms with van der Waals surface area (Å²) in [5.74, 6) is -0.152. The first-order valence-electron chi connectivity index (χ1n) is 8.19. The summed E-state index contributed by atoms with van der Waals surface area (Å²) in [6.07, 6.45) is 0. The van der Waals surface area contributed by atoms with Crippen molar-refractivity contribution in [2.24, 2.45) is 0 Å². The van der Waals surface area contributed by atoms with Gasteiger partial charge in [0.05, 0.1) is 31.3 Å². The van der Waals surface area contributed by atoms with Gasteiger partial charge in [0.2, 0.25) is 5.91 Å². The molecule has 0 saturated carbocycles. The zero-order valence-corrected chi connectivity index (χ0v) is 15.5. The Bertz CT molecular complexity index is 708. The van der Waals surface area contributed by atoms with E-state index in [0.717, 1.165) is 5.56 Å². The van der Waals surface area contributed by atoms with Crippen LogP contribution >= 0.6 is 0 Å². The lowest BCUT2D eigenvalue weighted by molar-refractivity contribution is -0.122. The molecule has 0 spiro atoms. The van der Waals surface area contributed by atoms with Gasteiger partial charge in [0.1, 0.15) is 5.76 Å². The molecule has 1 aromatic rings. The summed E-state index contributed by atoms with van der Waals surface area (Å²) in [6, 6.07) is 3.49. The van der Waals surface area contributed by atoms with Crippen LogP contribution in [0.15, 0.2) is 18.7 Å². The number of amides is 1. The molecular formula is C19H25NO5. The Morgan fingerprint density at radius 3 is 2.48 bits per heavy atom. The predicted molar refractivity (Wildman–Crippen MR) is 95.7 cm³/mol. The maximum Gasteiger partial charge on any atom is 0.338 e. The molecule has 6 heteroatoms. The lowest BCUT2D eigenvalue weighted by Crippen LogP contribution is -2.38. The second-order valence-corrected chi connectivity index (χ2v) is 6.34. The summed E-state index contributed by atoms with van der Waals surface area (Å²) < 4.78 is 15.5. The minimum Gasteiger partial charge on any atom is -0.494 e. The molecule has 0 aromatic heterocycles. The minimum absolute atomic E-state index is 0.0328. The van der Waals surface area contributed by atoms with Crippen molar-refractivity contribution < 1.29 is 23.8 Å². The lowest BCUT2D eigenvalue weighted by Gasteiger charge is -2.20. The molecule has 0 saturated heterocycles. The fourth-order valence-electron chi connectivity index (χ4n) is 3.04. The van der Waals surface area contributed by atoms with Gasteiger partial charge in [-0.3, -0.25) is 4.79 Å². The third-order valence-electron chi connectivity index (χ3n) is 4.42. The van der Waals surface area contributed by atoms with Gasteiger partial charge in [-0.05, 0) is 38.5 Å². The number of hydrogen-bond donors (Lipinski definition) is 0. The molecule has 0 radical (unpaired) electrons. The summed E-state index contributed by atoms with van der Waals surface area (Å²) in [5, 5.41) is 0. The smallest absolute Gasteiger partial charge is 0.338 e. The van der Waals surface area contributed by atoms with Crippen LogP contribution in [-0.4, -0.2) is 45.9 Å². The molecule has 0 aliphatic carbocycles. The van der Waals surface area contributed by atoms with Crippen molar-refractivity contribution in [3.63, 3.8) is 0 Å². The van der Waals surface area contributed by atoms with E-state index in [2.05, 4.69) is 6.58 Å². The standard InChI is InChI=1S/C19H25NO5/c1-7-25-12(2)13-10-15-16(11-14(13)17(21)24-6)20(8-9-23-5)18(22)19(15,3)4/h10-11H,2,7-9H2,1,3-6H3. The van der Waals surface area contributed by atoms with E-state index in [-0.39, 0.29) is 5.91 Å². The number of rotatable bonds is 7. The fraction of sp³-hybridized carbons (Fsp3) is 0.474. The maximum absolute atomic E-state index is 12.8. The van der Waals surface area contributed by atoms with Crippen molar-refractivity contribution in [2.75, 3.05) is 38.9 Å². The maximum atomic E-state index is 12.8. The molecule has 1 amide bonds. The highest BCUT2D eigenvalue weighted by Gasteiger charge is 2.44. The summed E-state index contributed by atoms with van der Waals surface area (Å²) in [5.41, 5.74) is 1.69. The highest BCUT2D eigenvalue weighted by molar-refractivity contribution is 6.09. The Morgan fingerprint density at radius 1 is 1.24 bits per heavy atom. The second-order valence-electron chi connectivity index (χ2n) is 6.34. The SMILES string of the molecule is C=C(OCC)c1cc2c(cc1C(=O)OC)N(CCOC)C(=O)C2(C)C. The van der Waals surface area contributed by atoms with E-state index in [1.807, 2.05) is 26.8 Å². The molecule has 0 N–H and O–H groups in total. The molecule has 1 aliphatic heterocycles. The van der Waals surface area contributed by atoms with Gasteiger partial charge < -0.3 is 19.1 Å². The van der Waals surface area contributed by atoms with E-state index in [1.54, 1.807) is 18.1 Å². The van der Waals surface area contributed by atoms with Crippen LogP contribution in [0, 0.1) is 0 Å². The Balaban J connectivity index is 2.65. The molecular weight excluding hydrogens is 322 g/mol. The van der Waals surface area contributed by atoms with Crippen LogP contribution in [-0.2, 0) is 24.4 Å². The van der Waals surface area contributed by atoms with Gasteiger partial charge in [-0.2, -0.15) is 0 Å². The van der Waals surface area contributed by atoms with Crippen LogP contribution in [0.25, 0.3) is 5.76 Å². The fourth-order valence-corrected chi connectivity index (χ4v) is 3.04. The predicted octanol–water partition coefficient (Wildman–Crippen LogP) is 2.75. The van der Waals surface area contributed by atoms with Crippen molar-refractivity contribution >= 4 is 23.3 Å². The highest BCUT2D eigenvalue weighted by atomic mass is 16.5. The number of carbonyl (C=O) groups excluding carboxylic acids is 2. The normalized spacial score (nSPS) is 15.1. The summed E-state index contributed by atoms with van der Waals surface area (Å²) in [4.78, 5) is 26.8. The average Bonchev–Trinajstić information content (AvgIpc) is 2.78. The Morgan fingerprint density at radius 2 is 1.92 bits per heavy atom. The zero-order chi connectivity index (χ0) is 18.8. The van der Waals surface area contributed by atoms with Crippen molar-refractivity contribution in [3.8, 4) is 0 Å². The third kappa shape index (κ3) is 3.26. The first-order valence-corrected chi connectivity index (χ1v) is 8.19. The first kappa shape index (κ1) is 19.0. The molecule has 25 heavy (non-hydrogen) atoms. The van der Waals surface area contributed by atoms with Crippen LogP contribution in [0.5, 0.6) is 0 Å². The zero-order valence-electron chi connectivity index (χ0n) is 15.5. The summed E-state index contributed by atoms with van der Waals surface area (Å²) >= 11 is 0. The largest absolute Gasteiger partial charge is 0.494 e. The highest BCUT2D eigenvalue weighted by Crippen LogP contribution is 2.44. The quantitative estimate of drug-likeness (QED) is 0.560. The number of hydrogen-bond acceptors (Lipinski definition) is 5. The second kappa shape index (κ2) is 7.27. The first-order chi connectivity index (χ1) is 11.8. The molecule has 6 nitrogen and oxygen atoms in total. The van der Waals surface area contributed by atoms with Gasteiger partial charge in [-0.15, -0.1) is 0 Å². The van der Waals surface area contributed by atoms with Gasteiger partial charge in [-0.25, -0.2) is 4.79 Å². The van der Waals surface area contributed by atoms with Gasteiger partial charge in [0.25, 0.3) is 0 Å². The monoisotopic (exact) mass is 347 g/mol. The van der Waals surface area contributed by atoms with E-state index in [9.17, 15) is 9.59 Å². The van der Waals surface area contributed by atoms with Crippen molar-refractivity contribution in [3.05, 3.63) is 35.4 Å². The summed E-state index contributed by atoms with van der Waals surface area (Å²) in [6.45, 7) is 10.7. The van der Waals surface area contributed by atoms with E-state index >= 15 is 0 Å². The molecule has 136 valence electrons. The molecule has 1 aliphatic rings. The van der Waals surface area contributed by atoms with Gasteiger partial charge in [0, 0.05) is 24.9 Å². The third-order valence-corrected chi connectivity index (χ3v) is 4.42. The number of methoxy groups -OCH3 is 2. The molecule has 1 heterocycles. The number of fused-ring (bicyclic) bond motifs is 1. The van der Waals surface area contributed by atoms with E-state index in [0.29, 0.717) is 42.3 Å². The molecule has 0 fully saturated rings. The van der Waals surface area contributed by atoms with Crippen LogP contribution in [0.4, 0.5) is 5.69 Å². The number of carbonyl (C=O) groups is 2. The van der Waals surface area contributed by atoms with Gasteiger partial charge in [0.15, 0.2) is 0 Å². The Hall–Kier alpha value is -2.34.